The zero-order valence-corrected chi connectivity index (χ0v) is 12.0. The second kappa shape index (κ2) is 5.85. The zero-order valence-electron chi connectivity index (χ0n) is 12.0. The first-order valence-electron chi connectivity index (χ1n) is 7.37. The molecule has 112 valence electrons. The Kier molecular flexibility index (Phi) is 3.92. The van der Waals surface area contributed by atoms with Crippen LogP contribution in [0.2, 0.25) is 0 Å². The minimum Gasteiger partial charge on any atom is -0.379 e. The average Bonchev–Trinajstić information content (AvgIpc) is 2.86. The normalized spacial score (nSPS) is 18.9. The molecule has 1 fully saturated rings. The summed E-state index contributed by atoms with van der Waals surface area (Å²) in [5, 5.41) is 3.78. The van der Waals surface area contributed by atoms with Crippen LogP contribution in [-0.2, 0) is 11.2 Å². The van der Waals surface area contributed by atoms with E-state index in [1.165, 1.54) is 12.1 Å². The van der Waals surface area contributed by atoms with E-state index in [2.05, 4.69) is 10.3 Å². The summed E-state index contributed by atoms with van der Waals surface area (Å²) in [6.07, 6.45) is 2.57. The SMILES string of the molecule is CCc1c(C(=O)N[C@@H]2CCCOC2)[nH]c2ccc(F)cc12. The van der Waals surface area contributed by atoms with Gasteiger partial charge in [-0.1, -0.05) is 6.92 Å². The second-order valence-corrected chi connectivity index (χ2v) is 5.41. The molecule has 0 unspecified atom stereocenters. The Balaban J connectivity index is 1.89. The van der Waals surface area contributed by atoms with Crippen molar-refractivity contribution >= 4 is 16.8 Å². The molecule has 2 aromatic rings. The summed E-state index contributed by atoms with van der Waals surface area (Å²) in [6.45, 7) is 3.29. The molecule has 21 heavy (non-hydrogen) atoms. The predicted octanol–water partition coefficient (Wildman–Crippen LogP) is 2.78. The Labute approximate surface area is 122 Å². The van der Waals surface area contributed by atoms with Crippen molar-refractivity contribution in [2.75, 3.05) is 13.2 Å². The molecule has 2 heterocycles. The molecule has 5 heteroatoms. The molecule has 0 radical (unpaired) electrons. The smallest absolute Gasteiger partial charge is 0.268 e. The molecule has 1 amide bonds. The van der Waals surface area contributed by atoms with Gasteiger partial charge in [0.25, 0.3) is 5.91 Å². The van der Waals surface area contributed by atoms with Crippen LogP contribution in [0, 0.1) is 5.82 Å². The number of aryl methyl sites for hydroxylation is 1. The standard InChI is InChI=1S/C16H19FN2O2/c1-2-12-13-8-10(17)5-6-14(13)19-15(12)16(20)18-11-4-3-7-21-9-11/h5-6,8,11,19H,2-4,7,9H2,1H3,(H,18,20)/t11-/m1/s1. The number of H-pyrrole nitrogens is 1. The summed E-state index contributed by atoms with van der Waals surface area (Å²) in [5.41, 5.74) is 2.18. The summed E-state index contributed by atoms with van der Waals surface area (Å²) in [5.74, 6) is -0.428. The molecule has 1 aromatic carbocycles. The maximum Gasteiger partial charge on any atom is 0.268 e. The van der Waals surface area contributed by atoms with Crippen LogP contribution in [-0.4, -0.2) is 30.1 Å². The third kappa shape index (κ3) is 2.78. The molecule has 0 bridgehead atoms. The van der Waals surface area contributed by atoms with Crippen LogP contribution in [0.3, 0.4) is 0 Å². The monoisotopic (exact) mass is 290 g/mol. The number of halogens is 1. The minimum absolute atomic E-state index is 0.0547. The van der Waals surface area contributed by atoms with Crippen LogP contribution >= 0.6 is 0 Å². The van der Waals surface area contributed by atoms with Gasteiger partial charge in [0.15, 0.2) is 0 Å². The Bertz CT molecular complexity index is 660. The van der Waals surface area contributed by atoms with Crippen molar-refractivity contribution in [3.05, 3.63) is 35.3 Å². The van der Waals surface area contributed by atoms with Gasteiger partial charge in [0.1, 0.15) is 11.5 Å². The predicted molar refractivity (Wildman–Crippen MR) is 78.9 cm³/mol. The number of fused-ring (bicyclic) bond motifs is 1. The van der Waals surface area contributed by atoms with Crippen molar-refractivity contribution in [2.45, 2.75) is 32.2 Å². The summed E-state index contributed by atoms with van der Waals surface area (Å²) in [4.78, 5) is 15.6. The van der Waals surface area contributed by atoms with Gasteiger partial charge in [0.2, 0.25) is 0 Å². The number of hydrogen-bond donors (Lipinski definition) is 2. The summed E-state index contributed by atoms with van der Waals surface area (Å²) in [6, 6.07) is 4.60. The summed E-state index contributed by atoms with van der Waals surface area (Å²) < 4.78 is 18.8. The number of nitrogens with one attached hydrogen (secondary N) is 2. The molecular formula is C16H19FN2O2. The molecule has 1 saturated heterocycles. The third-order valence-corrected chi connectivity index (χ3v) is 3.94. The van der Waals surface area contributed by atoms with Crippen molar-refractivity contribution in [1.29, 1.82) is 0 Å². The molecule has 2 N–H and O–H groups in total. The molecule has 1 atom stereocenters. The molecule has 4 nitrogen and oxygen atoms in total. The Morgan fingerprint density at radius 3 is 3.10 bits per heavy atom. The van der Waals surface area contributed by atoms with E-state index >= 15 is 0 Å². The highest BCUT2D eigenvalue weighted by Crippen LogP contribution is 2.24. The molecule has 1 aromatic heterocycles. The average molecular weight is 290 g/mol. The van der Waals surface area contributed by atoms with Crippen molar-refractivity contribution < 1.29 is 13.9 Å². The van der Waals surface area contributed by atoms with E-state index in [0.29, 0.717) is 18.7 Å². The number of carbonyl (C=O) groups is 1. The van der Waals surface area contributed by atoms with Crippen molar-refractivity contribution in [2.24, 2.45) is 0 Å². The van der Waals surface area contributed by atoms with Gasteiger partial charge in [-0.3, -0.25) is 4.79 Å². The Morgan fingerprint density at radius 1 is 1.52 bits per heavy atom. The third-order valence-electron chi connectivity index (χ3n) is 3.94. The Morgan fingerprint density at radius 2 is 2.38 bits per heavy atom. The van der Waals surface area contributed by atoms with E-state index in [1.54, 1.807) is 6.07 Å². The quantitative estimate of drug-likeness (QED) is 0.913. The van der Waals surface area contributed by atoms with Crippen LogP contribution in [0.15, 0.2) is 18.2 Å². The molecule has 0 aliphatic carbocycles. The second-order valence-electron chi connectivity index (χ2n) is 5.41. The topological polar surface area (TPSA) is 54.1 Å². The maximum atomic E-state index is 13.4. The number of benzene rings is 1. The number of carbonyl (C=O) groups excluding carboxylic acids is 1. The summed E-state index contributed by atoms with van der Waals surface area (Å²) in [7, 11) is 0. The van der Waals surface area contributed by atoms with E-state index in [4.69, 9.17) is 4.74 Å². The number of aromatic amines is 1. The van der Waals surface area contributed by atoms with Crippen LogP contribution in [0.1, 0.15) is 35.8 Å². The van der Waals surface area contributed by atoms with Crippen LogP contribution < -0.4 is 5.32 Å². The van der Waals surface area contributed by atoms with E-state index in [-0.39, 0.29) is 17.8 Å². The zero-order chi connectivity index (χ0) is 14.8. The van der Waals surface area contributed by atoms with Gasteiger partial charge in [-0.2, -0.15) is 0 Å². The number of amides is 1. The lowest BCUT2D eigenvalue weighted by atomic mass is 10.1. The molecule has 0 saturated carbocycles. The first-order valence-corrected chi connectivity index (χ1v) is 7.37. The van der Waals surface area contributed by atoms with E-state index < -0.39 is 0 Å². The largest absolute Gasteiger partial charge is 0.379 e. The first-order chi connectivity index (χ1) is 10.2. The fraction of sp³-hybridized carbons (Fsp3) is 0.438. The van der Waals surface area contributed by atoms with Crippen LogP contribution in [0.5, 0.6) is 0 Å². The summed E-state index contributed by atoms with van der Waals surface area (Å²) >= 11 is 0. The number of hydrogen-bond acceptors (Lipinski definition) is 2. The van der Waals surface area contributed by atoms with Crippen LogP contribution in [0.4, 0.5) is 4.39 Å². The van der Waals surface area contributed by atoms with E-state index in [9.17, 15) is 9.18 Å². The number of aromatic nitrogens is 1. The lowest BCUT2D eigenvalue weighted by Crippen LogP contribution is -2.41. The highest BCUT2D eigenvalue weighted by atomic mass is 19.1. The Hall–Kier alpha value is -1.88. The molecule has 3 rings (SSSR count). The molecule has 0 spiro atoms. The number of rotatable bonds is 3. The van der Waals surface area contributed by atoms with Crippen molar-refractivity contribution in [1.82, 2.24) is 10.3 Å². The molecular weight excluding hydrogens is 271 g/mol. The number of ether oxygens (including phenoxy) is 1. The van der Waals surface area contributed by atoms with Gasteiger partial charge in [-0.15, -0.1) is 0 Å². The van der Waals surface area contributed by atoms with Gasteiger partial charge in [0, 0.05) is 17.5 Å². The van der Waals surface area contributed by atoms with E-state index in [1.807, 2.05) is 6.92 Å². The first kappa shape index (κ1) is 14.1. The van der Waals surface area contributed by atoms with Gasteiger partial charge >= 0.3 is 0 Å². The minimum atomic E-state index is -0.288. The highest BCUT2D eigenvalue weighted by molar-refractivity contribution is 6.01. The van der Waals surface area contributed by atoms with Crippen molar-refractivity contribution in [3.63, 3.8) is 0 Å². The van der Waals surface area contributed by atoms with Gasteiger partial charge in [0.05, 0.1) is 12.6 Å². The molecule has 1 aliphatic heterocycles. The van der Waals surface area contributed by atoms with Gasteiger partial charge < -0.3 is 15.0 Å². The van der Waals surface area contributed by atoms with Gasteiger partial charge in [-0.05, 0) is 43.0 Å². The van der Waals surface area contributed by atoms with Crippen LogP contribution in [0.25, 0.3) is 10.9 Å². The lowest BCUT2D eigenvalue weighted by Gasteiger charge is -2.23. The highest BCUT2D eigenvalue weighted by Gasteiger charge is 2.21. The van der Waals surface area contributed by atoms with E-state index in [0.717, 1.165) is 35.9 Å². The maximum absolute atomic E-state index is 13.4. The van der Waals surface area contributed by atoms with Gasteiger partial charge in [-0.25, -0.2) is 4.39 Å². The van der Waals surface area contributed by atoms with Crippen molar-refractivity contribution in [3.8, 4) is 0 Å². The fourth-order valence-electron chi connectivity index (χ4n) is 2.89. The lowest BCUT2D eigenvalue weighted by molar-refractivity contribution is 0.0622. The molecule has 1 aliphatic rings. The fourth-order valence-corrected chi connectivity index (χ4v) is 2.89.